The van der Waals surface area contributed by atoms with E-state index in [0.717, 1.165) is 27.8 Å². The van der Waals surface area contributed by atoms with E-state index in [1.165, 1.54) is 6.08 Å². The molecule has 2 heterocycles. The molecule has 1 atom stereocenters. The molecule has 41 heavy (non-hydrogen) atoms. The molecule has 0 bridgehead atoms. The van der Waals surface area contributed by atoms with Gasteiger partial charge in [-0.05, 0) is 54.3 Å². The first kappa shape index (κ1) is 29.4. The largest absolute Gasteiger partial charge is 0.383 e. The van der Waals surface area contributed by atoms with E-state index < -0.39 is 6.04 Å². The molecule has 2 amide bonds. The fraction of sp³-hybridized carbons (Fsp3) is 0.273. The van der Waals surface area contributed by atoms with Crippen LogP contribution in [0.25, 0.3) is 17.2 Å². The zero-order valence-electron chi connectivity index (χ0n) is 24.0. The van der Waals surface area contributed by atoms with Crippen LogP contribution in [0.5, 0.6) is 0 Å². The number of aromatic nitrogens is 2. The van der Waals surface area contributed by atoms with Crippen molar-refractivity contribution in [1.29, 1.82) is 0 Å². The molecule has 0 fully saturated rings. The standard InChI is InChI=1S/C33H36N4O4/c1-24-30(25(2)41-35-24)14-15-32(38)37(23-27-10-12-28(13-11-27)29-16-18-34-19-17-29)31(22-26-8-6-5-7-9-26)33(39)36(3)20-21-40-4/h5-19,31H,20-23H2,1-4H3/t31-/m0/s1. The lowest BCUT2D eigenvalue weighted by Gasteiger charge is -2.33. The Morgan fingerprint density at radius 2 is 1.63 bits per heavy atom. The predicted octanol–water partition coefficient (Wildman–Crippen LogP) is 5.11. The number of hydrogen-bond acceptors (Lipinski definition) is 6. The highest BCUT2D eigenvalue weighted by Crippen LogP contribution is 2.22. The molecule has 212 valence electrons. The zero-order chi connectivity index (χ0) is 29.2. The van der Waals surface area contributed by atoms with Crippen LogP contribution < -0.4 is 0 Å². The number of methoxy groups -OCH3 is 1. The van der Waals surface area contributed by atoms with Crippen LogP contribution in [0.15, 0.2) is 89.7 Å². The summed E-state index contributed by atoms with van der Waals surface area (Å²) < 4.78 is 10.5. The first-order valence-corrected chi connectivity index (χ1v) is 13.6. The number of ether oxygens (including phenoxy) is 1. The summed E-state index contributed by atoms with van der Waals surface area (Å²) in [4.78, 5) is 35.2. The molecule has 4 aromatic rings. The van der Waals surface area contributed by atoms with Gasteiger partial charge in [-0.15, -0.1) is 0 Å². The SMILES string of the molecule is COCCN(C)C(=O)[C@H](Cc1ccccc1)N(Cc1ccc(-c2ccncc2)cc1)C(=O)C=Cc1c(C)noc1C. The van der Waals surface area contributed by atoms with Gasteiger partial charge in [-0.2, -0.15) is 0 Å². The second-order valence-electron chi connectivity index (χ2n) is 9.93. The predicted molar refractivity (Wildman–Crippen MR) is 159 cm³/mol. The topological polar surface area (TPSA) is 88.8 Å². The van der Waals surface area contributed by atoms with E-state index in [9.17, 15) is 9.59 Å². The Labute approximate surface area is 241 Å². The number of pyridine rings is 1. The Bertz CT molecular complexity index is 1430. The van der Waals surface area contributed by atoms with Crippen LogP contribution in [0.3, 0.4) is 0 Å². The molecule has 4 rings (SSSR count). The highest BCUT2D eigenvalue weighted by molar-refractivity contribution is 5.96. The Balaban J connectivity index is 1.69. The summed E-state index contributed by atoms with van der Waals surface area (Å²) in [6.45, 7) is 4.70. The Kier molecular flexibility index (Phi) is 10.2. The average Bonchev–Trinajstić information content (AvgIpc) is 3.33. The maximum Gasteiger partial charge on any atom is 0.247 e. The molecule has 8 heteroatoms. The third kappa shape index (κ3) is 7.77. The van der Waals surface area contributed by atoms with Crippen molar-refractivity contribution in [2.24, 2.45) is 0 Å². The summed E-state index contributed by atoms with van der Waals surface area (Å²) >= 11 is 0. The van der Waals surface area contributed by atoms with E-state index in [1.807, 2.05) is 73.7 Å². The first-order valence-electron chi connectivity index (χ1n) is 13.6. The summed E-state index contributed by atoms with van der Waals surface area (Å²) in [5.74, 6) is 0.192. The number of carbonyl (C=O) groups excluding carboxylic acids is 2. The summed E-state index contributed by atoms with van der Waals surface area (Å²) in [6, 6.07) is 21.0. The van der Waals surface area contributed by atoms with Crippen molar-refractivity contribution in [3.63, 3.8) is 0 Å². The molecule has 0 unspecified atom stereocenters. The third-order valence-corrected chi connectivity index (χ3v) is 7.02. The molecule has 2 aromatic heterocycles. The highest BCUT2D eigenvalue weighted by atomic mass is 16.5. The van der Waals surface area contributed by atoms with Crippen molar-refractivity contribution in [2.45, 2.75) is 32.9 Å². The van der Waals surface area contributed by atoms with Crippen molar-refractivity contribution in [3.8, 4) is 11.1 Å². The van der Waals surface area contributed by atoms with Crippen molar-refractivity contribution >= 4 is 17.9 Å². The van der Waals surface area contributed by atoms with Crippen molar-refractivity contribution in [2.75, 3.05) is 27.3 Å². The van der Waals surface area contributed by atoms with Gasteiger partial charge >= 0.3 is 0 Å². The van der Waals surface area contributed by atoms with E-state index in [4.69, 9.17) is 9.26 Å². The number of carbonyl (C=O) groups is 2. The molecule has 2 aromatic carbocycles. The second kappa shape index (κ2) is 14.2. The summed E-state index contributed by atoms with van der Waals surface area (Å²) in [5, 5.41) is 3.98. The van der Waals surface area contributed by atoms with Crippen molar-refractivity contribution < 1.29 is 18.8 Å². The Hall–Kier alpha value is -4.56. The van der Waals surface area contributed by atoms with Crippen LogP contribution in [0, 0.1) is 13.8 Å². The van der Waals surface area contributed by atoms with Crippen LogP contribution in [0.4, 0.5) is 0 Å². The van der Waals surface area contributed by atoms with Gasteiger partial charge in [-0.25, -0.2) is 0 Å². The van der Waals surface area contributed by atoms with Crippen LogP contribution in [-0.2, 0) is 27.3 Å². The minimum absolute atomic E-state index is 0.154. The molecule has 8 nitrogen and oxygen atoms in total. The van der Waals surface area contributed by atoms with Crippen molar-refractivity contribution in [3.05, 3.63) is 113 Å². The number of nitrogens with zero attached hydrogens (tertiary/aromatic N) is 4. The molecule has 0 aliphatic carbocycles. The molecular weight excluding hydrogens is 516 g/mol. The fourth-order valence-corrected chi connectivity index (χ4v) is 4.62. The zero-order valence-corrected chi connectivity index (χ0v) is 24.0. The first-order chi connectivity index (χ1) is 19.9. The van der Waals surface area contributed by atoms with Gasteiger partial charge in [-0.1, -0.05) is 59.8 Å². The molecule has 0 radical (unpaired) electrons. The van der Waals surface area contributed by atoms with Gasteiger partial charge in [0.2, 0.25) is 11.8 Å². The lowest BCUT2D eigenvalue weighted by molar-refractivity contribution is -0.143. The molecule has 0 spiro atoms. The fourth-order valence-electron chi connectivity index (χ4n) is 4.62. The monoisotopic (exact) mass is 552 g/mol. The van der Waals surface area contributed by atoms with Crippen LogP contribution in [0.1, 0.15) is 28.1 Å². The molecular formula is C33H36N4O4. The van der Waals surface area contributed by atoms with E-state index >= 15 is 0 Å². The maximum absolute atomic E-state index is 13.9. The van der Waals surface area contributed by atoms with Gasteiger partial charge in [0, 0.05) is 57.7 Å². The lowest BCUT2D eigenvalue weighted by atomic mass is 10.0. The van der Waals surface area contributed by atoms with Crippen LogP contribution >= 0.6 is 0 Å². The minimum Gasteiger partial charge on any atom is -0.383 e. The van der Waals surface area contributed by atoms with Gasteiger partial charge < -0.3 is 19.1 Å². The van der Waals surface area contributed by atoms with Gasteiger partial charge in [0.05, 0.1) is 12.3 Å². The molecule has 0 saturated carbocycles. The normalized spacial score (nSPS) is 11.9. The second-order valence-corrected chi connectivity index (χ2v) is 9.93. The van der Waals surface area contributed by atoms with E-state index in [0.29, 0.717) is 31.0 Å². The van der Waals surface area contributed by atoms with Gasteiger partial charge in [0.1, 0.15) is 11.8 Å². The lowest BCUT2D eigenvalue weighted by Crippen LogP contribution is -2.51. The van der Waals surface area contributed by atoms with Crippen molar-refractivity contribution in [1.82, 2.24) is 19.9 Å². The van der Waals surface area contributed by atoms with Gasteiger partial charge in [-0.3, -0.25) is 14.6 Å². The molecule has 0 aliphatic rings. The number of rotatable bonds is 12. The number of hydrogen-bond donors (Lipinski definition) is 0. The Morgan fingerprint density at radius 1 is 0.951 bits per heavy atom. The quantitative estimate of drug-likeness (QED) is 0.227. The van der Waals surface area contributed by atoms with Crippen LogP contribution in [-0.4, -0.2) is 65.1 Å². The Morgan fingerprint density at radius 3 is 2.27 bits per heavy atom. The third-order valence-electron chi connectivity index (χ3n) is 7.02. The number of benzene rings is 2. The molecule has 0 N–H and O–H groups in total. The smallest absolute Gasteiger partial charge is 0.247 e. The van der Waals surface area contributed by atoms with Gasteiger partial charge in [0.25, 0.3) is 0 Å². The highest BCUT2D eigenvalue weighted by Gasteiger charge is 2.31. The molecule has 0 aliphatic heterocycles. The summed E-state index contributed by atoms with van der Waals surface area (Å²) in [5.41, 5.74) is 5.42. The van der Waals surface area contributed by atoms with Gasteiger partial charge in [0.15, 0.2) is 0 Å². The van der Waals surface area contributed by atoms with Crippen LogP contribution in [0.2, 0.25) is 0 Å². The molecule has 0 saturated heterocycles. The summed E-state index contributed by atoms with van der Waals surface area (Å²) in [7, 11) is 3.34. The summed E-state index contributed by atoms with van der Waals surface area (Å²) in [6.07, 6.45) is 7.10. The number of likely N-dealkylation sites (N-methyl/N-ethyl adjacent to an activating group) is 1. The minimum atomic E-state index is -0.735. The van der Waals surface area contributed by atoms with E-state index in [2.05, 4.69) is 10.1 Å². The van der Waals surface area contributed by atoms with E-state index in [1.54, 1.807) is 49.4 Å². The van der Waals surface area contributed by atoms with E-state index in [-0.39, 0.29) is 18.4 Å². The average molecular weight is 553 g/mol. The number of aryl methyl sites for hydroxylation is 2. The number of amides is 2. The maximum atomic E-state index is 13.9.